The van der Waals surface area contributed by atoms with E-state index in [1.165, 1.54) is 0 Å². The molecular formula is C11H14N2O2. The molecule has 0 amide bonds. The first-order valence-corrected chi connectivity index (χ1v) is 5.03. The van der Waals surface area contributed by atoms with Crippen molar-refractivity contribution in [2.45, 2.75) is 19.4 Å². The van der Waals surface area contributed by atoms with Crippen LogP contribution in [0.25, 0.3) is 11.1 Å². The normalized spacial score (nSPS) is 11.1. The summed E-state index contributed by atoms with van der Waals surface area (Å²) in [5, 5.41) is 8.97. The number of nitrogens with two attached hydrogens (primary N) is 1. The van der Waals surface area contributed by atoms with Gasteiger partial charge in [0.2, 0.25) is 0 Å². The first kappa shape index (κ1) is 10.1. The van der Waals surface area contributed by atoms with Crippen LogP contribution in [0.2, 0.25) is 0 Å². The van der Waals surface area contributed by atoms with E-state index in [1.54, 1.807) is 0 Å². The van der Waals surface area contributed by atoms with Crippen LogP contribution < -0.4 is 5.73 Å². The number of benzene rings is 1. The van der Waals surface area contributed by atoms with Crippen molar-refractivity contribution < 1.29 is 9.52 Å². The van der Waals surface area contributed by atoms with Crippen LogP contribution in [0.5, 0.6) is 0 Å². The van der Waals surface area contributed by atoms with Crippen molar-refractivity contribution in [3.63, 3.8) is 0 Å². The van der Waals surface area contributed by atoms with Crippen molar-refractivity contribution in [1.82, 2.24) is 4.98 Å². The average Bonchev–Trinajstić information content (AvgIpc) is 2.67. The largest absolute Gasteiger partial charge is 0.441 e. The Balaban J connectivity index is 2.29. The van der Waals surface area contributed by atoms with Gasteiger partial charge in [-0.05, 0) is 30.7 Å². The van der Waals surface area contributed by atoms with Crippen molar-refractivity contribution in [2.75, 3.05) is 6.54 Å². The van der Waals surface area contributed by atoms with E-state index in [9.17, 15) is 0 Å². The molecule has 2 aromatic rings. The molecule has 4 nitrogen and oxygen atoms in total. The van der Waals surface area contributed by atoms with Gasteiger partial charge in [-0.2, -0.15) is 0 Å². The maximum atomic E-state index is 8.97. The van der Waals surface area contributed by atoms with Gasteiger partial charge in [-0.25, -0.2) is 4.98 Å². The maximum absolute atomic E-state index is 8.97. The van der Waals surface area contributed by atoms with Gasteiger partial charge in [0.15, 0.2) is 11.5 Å². The number of aliphatic hydroxyl groups excluding tert-OH is 1. The molecule has 0 aliphatic carbocycles. The summed E-state index contributed by atoms with van der Waals surface area (Å²) in [5.41, 5.74) is 7.82. The summed E-state index contributed by atoms with van der Waals surface area (Å²) in [4.78, 5) is 4.33. The molecule has 3 N–H and O–H groups in total. The lowest BCUT2D eigenvalue weighted by molar-refractivity contribution is 0.282. The Bertz CT molecular complexity index is 451. The number of fused-ring (bicyclic) bond motifs is 1. The Hall–Kier alpha value is -1.39. The second-order valence-electron chi connectivity index (χ2n) is 3.46. The zero-order valence-corrected chi connectivity index (χ0v) is 8.44. The third-order valence-corrected chi connectivity index (χ3v) is 2.27. The van der Waals surface area contributed by atoms with E-state index in [-0.39, 0.29) is 6.61 Å². The van der Waals surface area contributed by atoms with Gasteiger partial charge in [0, 0.05) is 6.42 Å². The molecule has 0 unspecified atom stereocenters. The summed E-state index contributed by atoms with van der Waals surface area (Å²) in [6.45, 7) is 0.668. The van der Waals surface area contributed by atoms with E-state index in [1.807, 2.05) is 18.2 Å². The number of hydrogen-bond donors (Lipinski definition) is 2. The van der Waals surface area contributed by atoms with Crippen molar-refractivity contribution in [3.05, 3.63) is 29.7 Å². The average molecular weight is 206 g/mol. The summed E-state index contributed by atoms with van der Waals surface area (Å²) in [5.74, 6) is 0.713. The molecule has 80 valence electrons. The summed E-state index contributed by atoms with van der Waals surface area (Å²) < 4.78 is 5.52. The zero-order chi connectivity index (χ0) is 10.7. The van der Waals surface area contributed by atoms with E-state index in [0.717, 1.165) is 29.5 Å². The Morgan fingerprint density at radius 2 is 2.27 bits per heavy atom. The highest BCUT2D eigenvalue weighted by atomic mass is 16.3. The molecule has 0 spiro atoms. The molecular weight excluding hydrogens is 192 g/mol. The van der Waals surface area contributed by atoms with Crippen molar-refractivity contribution in [2.24, 2.45) is 5.73 Å². The van der Waals surface area contributed by atoms with Gasteiger partial charge >= 0.3 is 0 Å². The number of rotatable bonds is 4. The fourth-order valence-corrected chi connectivity index (χ4v) is 1.48. The van der Waals surface area contributed by atoms with E-state index in [0.29, 0.717) is 12.4 Å². The molecule has 1 aromatic heterocycles. The topological polar surface area (TPSA) is 72.3 Å². The van der Waals surface area contributed by atoms with Gasteiger partial charge in [0.05, 0.1) is 6.61 Å². The van der Waals surface area contributed by atoms with E-state index < -0.39 is 0 Å². The Morgan fingerprint density at radius 1 is 1.40 bits per heavy atom. The number of aliphatic hydroxyl groups is 1. The monoisotopic (exact) mass is 206 g/mol. The zero-order valence-electron chi connectivity index (χ0n) is 8.44. The predicted molar refractivity (Wildman–Crippen MR) is 57.3 cm³/mol. The van der Waals surface area contributed by atoms with Crippen molar-refractivity contribution in [1.29, 1.82) is 0 Å². The number of nitrogens with zero attached hydrogens (tertiary/aromatic N) is 1. The first-order chi connectivity index (χ1) is 7.33. The molecule has 0 bridgehead atoms. The lowest BCUT2D eigenvalue weighted by atomic mass is 10.2. The lowest BCUT2D eigenvalue weighted by Crippen LogP contribution is -2.00. The van der Waals surface area contributed by atoms with Gasteiger partial charge in [-0.15, -0.1) is 0 Å². The Kier molecular flexibility index (Phi) is 2.99. The van der Waals surface area contributed by atoms with Gasteiger partial charge in [0.25, 0.3) is 0 Å². The van der Waals surface area contributed by atoms with Crippen LogP contribution in [0.1, 0.15) is 17.9 Å². The SMILES string of the molecule is NCCCc1nc2cc(CO)ccc2o1. The fourth-order valence-electron chi connectivity index (χ4n) is 1.48. The van der Waals surface area contributed by atoms with Gasteiger partial charge in [-0.3, -0.25) is 0 Å². The van der Waals surface area contributed by atoms with Crippen LogP contribution >= 0.6 is 0 Å². The van der Waals surface area contributed by atoms with Crippen LogP contribution in [-0.2, 0) is 13.0 Å². The molecule has 0 aliphatic heterocycles. The van der Waals surface area contributed by atoms with Crippen molar-refractivity contribution in [3.8, 4) is 0 Å². The van der Waals surface area contributed by atoms with Crippen LogP contribution in [0.15, 0.2) is 22.6 Å². The molecule has 0 saturated heterocycles. The number of aryl methyl sites for hydroxylation is 1. The second-order valence-corrected chi connectivity index (χ2v) is 3.46. The minimum Gasteiger partial charge on any atom is -0.441 e. The molecule has 1 aromatic carbocycles. The predicted octanol–water partition coefficient (Wildman–Crippen LogP) is 1.21. The number of hydrogen-bond acceptors (Lipinski definition) is 4. The summed E-state index contributed by atoms with van der Waals surface area (Å²) in [6, 6.07) is 5.50. The highest BCUT2D eigenvalue weighted by Crippen LogP contribution is 2.17. The van der Waals surface area contributed by atoms with E-state index in [4.69, 9.17) is 15.3 Å². The molecule has 1 heterocycles. The van der Waals surface area contributed by atoms with Crippen LogP contribution in [0, 0.1) is 0 Å². The second kappa shape index (κ2) is 4.42. The van der Waals surface area contributed by atoms with E-state index >= 15 is 0 Å². The smallest absolute Gasteiger partial charge is 0.195 e. The third kappa shape index (κ3) is 2.16. The Labute approximate surface area is 87.7 Å². The lowest BCUT2D eigenvalue weighted by Gasteiger charge is -1.92. The van der Waals surface area contributed by atoms with Crippen LogP contribution in [0.3, 0.4) is 0 Å². The van der Waals surface area contributed by atoms with Crippen LogP contribution in [0.4, 0.5) is 0 Å². The Morgan fingerprint density at radius 3 is 3.00 bits per heavy atom. The van der Waals surface area contributed by atoms with Crippen molar-refractivity contribution >= 4 is 11.1 Å². The summed E-state index contributed by atoms with van der Waals surface area (Å²) in [7, 11) is 0. The highest BCUT2D eigenvalue weighted by molar-refractivity contribution is 5.73. The molecule has 0 atom stereocenters. The quantitative estimate of drug-likeness (QED) is 0.788. The van der Waals surface area contributed by atoms with Gasteiger partial charge in [-0.1, -0.05) is 6.07 Å². The first-order valence-electron chi connectivity index (χ1n) is 5.03. The molecule has 4 heteroatoms. The maximum Gasteiger partial charge on any atom is 0.195 e. The standard InChI is InChI=1S/C11H14N2O2/c12-5-1-2-11-13-9-6-8(7-14)3-4-10(9)15-11/h3-4,6,14H,1-2,5,7,12H2. The number of aromatic nitrogens is 1. The number of oxazole rings is 1. The summed E-state index contributed by atoms with van der Waals surface area (Å²) >= 11 is 0. The summed E-state index contributed by atoms with van der Waals surface area (Å²) in [6.07, 6.45) is 1.64. The molecule has 0 aliphatic rings. The van der Waals surface area contributed by atoms with Crippen LogP contribution in [-0.4, -0.2) is 16.6 Å². The molecule has 15 heavy (non-hydrogen) atoms. The fraction of sp³-hybridized carbons (Fsp3) is 0.364. The molecule has 0 radical (unpaired) electrons. The molecule has 2 rings (SSSR count). The van der Waals surface area contributed by atoms with E-state index in [2.05, 4.69) is 4.98 Å². The minimum absolute atomic E-state index is 0.0287. The minimum atomic E-state index is 0.0287. The molecule has 0 saturated carbocycles. The third-order valence-electron chi connectivity index (χ3n) is 2.27. The highest BCUT2D eigenvalue weighted by Gasteiger charge is 2.05. The van der Waals surface area contributed by atoms with Gasteiger partial charge < -0.3 is 15.3 Å². The van der Waals surface area contributed by atoms with Gasteiger partial charge in [0.1, 0.15) is 5.52 Å². The molecule has 0 fully saturated rings.